The second-order valence-electron chi connectivity index (χ2n) is 5.96. The van der Waals surface area contributed by atoms with Crippen molar-refractivity contribution < 1.29 is 4.79 Å². The zero-order chi connectivity index (χ0) is 14.3. The Kier molecular flexibility index (Phi) is 7.34. The molecule has 0 spiro atoms. The lowest BCUT2D eigenvalue weighted by molar-refractivity contribution is -0.134. The van der Waals surface area contributed by atoms with Gasteiger partial charge in [0.2, 0.25) is 5.91 Å². The van der Waals surface area contributed by atoms with Crippen molar-refractivity contribution >= 4 is 5.91 Å². The Labute approximate surface area is 117 Å². The van der Waals surface area contributed by atoms with Gasteiger partial charge in [-0.05, 0) is 32.5 Å². The molecule has 112 valence electrons. The highest BCUT2D eigenvalue weighted by Crippen LogP contribution is 2.04. The van der Waals surface area contributed by atoms with Crippen molar-refractivity contribution in [2.24, 2.45) is 11.7 Å². The molecule has 19 heavy (non-hydrogen) atoms. The number of hydrogen-bond acceptors (Lipinski definition) is 4. The van der Waals surface area contributed by atoms with E-state index in [2.05, 4.69) is 30.7 Å². The van der Waals surface area contributed by atoms with Crippen molar-refractivity contribution in [1.29, 1.82) is 0 Å². The molecule has 0 atom stereocenters. The van der Waals surface area contributed by atoms with E-state index in [0.29, 0.717) is 19.0 Å². The number of nitrogens with zero attached hydrogens (tertiary/aromatic N) is 3. The van der Waals surface area contributed by atoms with Crippen LogP contribution in [-0.4, -0.2) is 80.0 Å². The van der Waals surface area contributed by atoms with E-state index in [1.54, 1.807) is 0 Å². The summed E-state index contributed by atoms with van der Waals surface area (Å²) in [7, 11) is 2.11. The summed E-state index contributed by atoms with van der Waals surface area (Å²) in [6.45, 7) is 11.2. The molecule has 0 radical (unpaired) electrons. The summed E-state index contributed by atoms with van der Waals surface area (Å²) in [4.78, 5) is 18.8. The van der Waals surface area contributed by atoms with E-state index in [1.807, 2.05) is 4.90 Å². The molecule has 1 amide bonds. The molecule has 1 fully saturated rings. The maximum Gasteiger partial charge on any atom is 0.236 e. The van der Waals surface area contributed by atoms with Crippen LogP contribution < -0.4 is 5.73 Å². The van der Waals surface area contributed by atoms with E-state index in [-0.39, 0.29) is 5.91 Å². The molecule has 0 aromatic rings. The first kappa shape index (κ1) is 16.4. The first-order chi connectivity index (χ1) is 9.02. The van der Waals surface area contributed by atoms with Gasteiger partial charge >= 0.3 is 0 Å². The lowest BCUT2D eigenvalue weighted by Crippen LogP contribution is -2.50. The summed E-state index contributed by atoms with van der Waals surface area (Å²) in [5.74, 6) is 0.851. The van der Waals surface area contributed by atoms with Crippen LogP contribution in [0.3, 0.4) is 0 Å². The Morgan fingerprint density at radius 1 is 1.26 bits per heavy atom. The quantitative estimate of drug-likeness (QED) is 0.711. The molecule has 5 heteroatoms. The smallest absolute Gasteiger partial charge is 0.236 e. The number of hydrogen-bond donors (Lipinski definition) is 1. The topological polar surface area (TPSA) is 52.8 Å². The van der Waals surface area contributed by atoms with E-state index in [4.69, 9.17) is 5.73 Å². The normalized spacial score (nSPS) is 17.5. The number of carbonyl (C=O) groups excluding carboxylic acids is 1. The summed E-state index contributed by atoms with van der Waals surface area (Å²) >= 11 is 0. The number of rotatable bonds is 7. The Bertz CT molecular complexity index is 262. The minimum atomic E-state index is 0.269. The fraction of sp³-hybridized carbons (Fsp3) is 0.929. The van der Waals surface area contributed by atoms with Crippen LogP contribution in [0.1, 0.15) is 20.3 Å². The Morgan fingerprint density at radius 3 is 2.42 bits per heavy atom. The number of piperazine rings is 1. The van der Waals surface area contributed by atoms with Gasteiger partial charge in [0.05, 0.1) is 6.54 Å². The van der Waals surface area contributed by atoms with Crippen LogP contribution in [0, 0.1) is 5.92 Å². The molecule has 1 saturated heterocycles. The highest BCUT2D eigenvalue weighted by Gasteiger charge is 2.21. The third-order valence-electron chi connectivity index (χ3n) is 3.52. The van der Waals surface area contributed by atoms with Crippen LogP contribution in [0.25, 0.3) is 0 Å². The van der Waals surface area contributed by atoms with Crippen LogP contribution in [0.2, 0.25) is 0 Å². The van der Waals surface area contributed by atoms with Gasteiger partial charge < -0.3 is 15.5 Å². The summed E-state index contributed by atoms with van der Waals surface area (Å²) in [5.41, 5.74) is 5.57. The average molecular weight is 270 g/mol. The van der Waals surface area contributed by atoms with E-state index in [0.717, 1.165) is 45.7 Å². The molecular weight excluding hydrogens is 240 g/mol. The summed E-state index contributed by atoms with van der Waals surface area (Å²) < 4.78 is 0. The molecule has 1 aliphatic heterocycles. The lowest BCUT2D eigenvalue weighted by atomic mass is 10.2. The number of amides is 1. The molecular formula is C14H30N4O. The van der Waals surface area contributed by atoms with E-state index in [1.165, 1.54) is 0 Å². The molecule has 2 N–H and O–H groups in total. The fourth-order valence-corrected chi connectivity index (χ4v) is 2.41. The maximum atomic E-state index is 12.3. The summed E-state index contributed by atoms with van der Waals surface area (Å²) in [5, 5.41) is 0. The minimum absolute atomic E-state index is 0.269. The van der Waals surface area contributed by atoms with Gasteiger partial charge in [-0.2, -0.15) is 0 Å². The second kappa shape index (κ2) is 8.51. The zero-order valence-electron chi connectivity index (χ0n) is 12.8. The van der Waals surface area contributed by atoms with Crippen LogP contribution in [0.15, 0.2) is 0 Å². The fourth-order valence-electron chi connectivity index (χ4n) is 2.41. The van der Waals surface area contributed by atoms with Gasteiger partial charge in [-0.15, -0.1) is 0 Å². The predicted molar refractivity (Wildman–Crippen MR) is 79.0 cm³/mol. The molecule has 0 aliphatic carbocycles. The molecule has 5 nitrogen and oxygen atoms in total. The molecule has 0 bridgehead atoms. The Balaban J connectivity index is 2.40. The Hall–Kier alpha value is -0.650. The maximum absolute atomic E-state index is 12.3. The largest absolute Gasteiger partial charge is 0.339 e. The molecule has 0 saturated carbocycles. The predicted octanol–water partition coefficient (Wildman–Crippen LogP) is 0.0672. The van der Waals surface area contributed by atoms with Crippen molar-refractivity contribution in [1.82, 2.24) is 14.7 Å². The van der Waals surface area contributed by atoms with Gasteiger partial charge in [-0.25, -0.2) is 0 Å². The van der Waals surface area contributed by atoms with Gasteiger partial charge in [0.25, 0.3) is 0 Å². The zero-order valence-corrected chi connectivity index (χ0v) is 12.8. The Morgan fingerprint density at radius 2 is 1.89 bits per heavy atom. The number of carbonyl (C=O) groups is 1. The monoisotopic (exact) mass is 270 g/mol. The SMILES string of the molecule is CC(C)CN(CCCN)CC(=O)N1CCN(C)CC1. The number of nitrogens with two attached hydrogens (primary N) is 1. The standard InChI is InChI=1S/C14H30N4O/c1-13(2)11-17(6-4-5-15)12-14(19)18-9-7-16(3)8-10-18/h13H,4-12,15H2,1-3H3. The summed E-state index contributed by atoms with van der Waals surface area (Å²) in [6.07, 6.45) is 0.961. The second-order valence-corrected chi connectivity index (χ2v) is 5.96. The average Bonchev–Trinajstić information content (AvgIpc) is 2.36. The van der Waals surface area contributed by atoms with Crippen molar-refractivity contribution in [3.63, 3.8) is 0 Å². The van der Waals surface area contributed by atoms with Gasteiger partial charge in [-0.3, -0.25) is 9.69 Å². The van der Waals surface area contributed by atoms with Crippen molar-refractivity contribution in [3.8, 4) is 0 Å². The molecule has 0 aromatic heterocycles. The van der Waals surface area contributed by atoms with Gasteiger partial charge in [0.1, 0.15) is 0 Å². The third-order valence-corrected chi connectivity index (χ3v) is 3.52. The first-order valence-corrected chi connectivity index (χ1v) is 7.41. The molecule has 0 unspecified atom stereocenters. The first-order valence-electron chi connectivity index (χ1n) is 7.41. The minimum Gasteiger partial charge on any atom is -0.339 e. The molecule has 1 rings (SSSR count). The highest BCUT2D eigenvalue weighted by atomic mass is 16.2. The van der Waals surface area contributed by atoms with Crippen molar-refractivity contribution in [2.45, 2.75) is 20.3 Å². The molecule has 1 heterocycles. The molecule has 1 aliphatic rings. The van der Waals surface area contributed by atoms with E-state index < -0.39 is 0 Å². The van der Waals surface area contributed by atoms with Crippen LogP contribution in [-0.2, 0) is 4.79 Å². The summed E-state index contributed by atoms with van der Waals surface area (Å²) in [6, 6.07) is 0. The van der Waals surface area contributed by atoms with Gasteiger partial charge in [-0.1, -0.05) is 13.8 Å². The van der Waals surface area contributed by atoms with Crippen molar-refractivity contribution in [2.75, 3.05) is 59.4 Å². The van der Waals surface area contributed by atoms with Crippen LogP contribution >= 0.6 is 0 Å². The van der Waals surface area contributed by atoms with E-state index >= 15 is 0 Å². The van der Waals surface area contributed by atoms with E-state index in [9.17, 15) is 4.79 Å². The van der Waals surface area contributed by atoms with Gasteiger partial charge in [0.15, 0.2) is 0 Å². The highest BCUT2D eigenvalue weighted by molar-refractivity contribution is 5.78. The van der Waals surface area contributed by atoms with Crippen molar-refractivity contribution in [3.05, 3.63) is 0 Å². The lowest BCUT2D eigenvalue weighted by Gasteiger charge is -2.34. The van der Waals surface area contributed by atoms with Gasteiger partial charge in [0, 0.05) is 32.7 Å². The number of likely N-dealkylation sites (N-methyl/N-ethyl adjacent to an activating group) is 1. The molecule has 0 aromatic carbocycles. The van der Waals surface area contributed by atoms with Crippen LogP contribution in [0.4, 0.5) is 0 Å². The van der Waals surface area contributed by atoms with Crippen LogP contribution in [0.5, 0.6) is 0 Å². The third kappa shape index (κ3) is 6.36.